The molecule has 318 valence electrons. The van der Waals surface area contributed by atoms with Crippen molar-refractivity contribution in [2.45, 2.75) is 258 Å². The van der Waals surface area contributed by atoms with Crippen molar-refractivity contribution in [1.29, 1.82) is 0 Å². The van der Waals surface area contributed by atoms with Crippen molar-refractivity contribution in [2.24, 2.45) is 9.98 Å². The molecule has 0 aliphatic heterocycles. The highest BCUT2D eigenvalue weighted by atomic mass is 14.8. The van der Waals surface area contributed by atoms with Crippen LogP contribution in [0.4, 0.5) is 11.4 Å². The second-order valence-electron chi connectivity index (χ2n) is 17.4. The van der Waals surface area contributed by atoms with Gasteiger partial charge in [0, 0.05) is 6.21 Å². The average Bonchev–Trinajstić information content (AvgIpc) is 3.22. The Labute approximate surface area is 350 Å². The first-order valence-corrected chi connectivity index (χ1v) is 25.0. The van der Waals surface area contributed by atoms with Crippen molar-refractivity contribution in [3.63, 3.8) is 0 Å². The van der Waals surface area contributed by atoms with Crippen molar-refractivity contribution in [2.75, 3.05) is 0 Å². The van der Waals surface area contributed by atoms with Gasteiger partial charge in [-0.2, -0.15) is 0 Å². The highest BCUT2D eigenvalue weighted by Gasteiger charge is 2.02. The number of unbranched alkanes of at least 4 members (excludes halogenated alkanes) is 31. The van der Waals surface area contributed by atoms with Gasteiger partial charge >= 0.3 is 0 Å². The maximum absolute atomic E-state index is 5.08. The molecule has 2 rings (SSSR count). The zero-order valence-corrected chi connectivity index (χ0v) is 37.8. The summed E-state index contributed by atoms with van der Waals surface area (Å²) in [7, 11) is 0. The van der Waals surface area contributed by atoms with Crippen LogP contribution in [0.15, 0.2) is 58.5 Å². The normalized spacial score (nSPS) is 12.0. The topological polar surface area (TPSA) is 24.7 Å². The van der Waals surface area contributed by atoms with Crippen LogP contribution in [0.25, 0.3) is 0 Å². The molecule has 2 aromatic rings. The number of rotatable bonds is 40. The Morgan fingerprint density at radius 2 is 0.625 bits per heavy atom. The van der Waals surface area contributed by atoms with Crippen molar-refractivity contribution in [3.05, 3.63) is 59.7 Å². The van der Waals surface area contributed by atoms with Crippen LogP contribution in [0.2, 0.25) is 0 Å². The maximum atomic E-state index is 5.08. The zero-order valence-electron chi connectivity index (χ0n) is 37.8. The molecule has 0 saturated carbocycles. The molecule has 0 aliphatic carbocycles. The molecular formula is C54H92N2. The van der Waals surface area contributed by atoms with E-state index in [0.717, 1.165) is 23.5 Å². The highest BCUT2D eigenvalue weighted by molar-refractivity contribution is 6.31. The van der Waals surface area contributed by atoms with Gasteiger partial charge in [-0.05, 0) is 73.9 Å². The molecule has 2 nitrogen and oxygen atoms in total. The Morgan fingerprint density at radius 1 is 0.339 bits per heavy atom. The summed E-state index contributed by atoms with van der Waals surface area (Å²) < 4.78 is 0. The summed E-state index contributed by atoms with van der Waals surface area (Å²) in [5, 5.41) is 0. The van der Waals surface area contributed by atoms with Crippen molar-refractivity contribution < 1.29 is 0 Å². The fourth-order valence-electron chi connectivity index (χ4n) is 8.08. The summed E-state index contributed by atoms with van der Waals surface area (Å²) in [6.07, 6.45) is 52.9. The summed E-state index contributed by atoms with van der Waals surface area (Å²) in [6.45, 7) is 6.88. The van der Waals surface area contributed by atoms with E-state index in [0.29, 0.717) is 0 Å². The molecule has 0 radical (unpaired) electrons. The molecule has 0 aliphatic rings. The van der Waals surface area contributed by atoms with Gasteiger partial charge in [0.2, 0.25) is 0 Å². The van der Waals surface area contributed by atoms with E-state index in [1.165, 1.54) is 242 Å². The number of aliphatic imine (C=N–C) groups is 2. The molecular weight excluding hydrogens is 677 g/mol. The van der Waals surface area contributed by atoms with Gasteiger partial charge in [-0.3, -0.25) is 9.98 Å². The van der Waals surface area contributed by atoms with Gasteiger partial charge in [0.25, 0.3) is 0 Å². The van der Waals surface area contributed by atoms with E-state index in [2.05, 4.69) is 69.3 Å². The predicted molar refractivity (Wildman–Crippen MR) is 254 cm³/mol. The van der Waals surface area contributed by atoms with E-state index >= 15 is 0 Å². The molecule has 0 N–H and O–H groups in total. The van der Waals surface area contributed by atoms with E-state index in [-0.39, 0.29) is 0 Å². The third-order valence-electron chi connectivity index (χ3n) is 11.9. The lowest BCUT2D eigenvalue weighted by Gasteiger charge is -2.06. The van der Waals surface area contributed by atoms with Crippen LogP contribution in [0, 0.1) is 0 Å². The second-order valence-corrected chi connectivity index (χ2v) is 17.4. The first kappa shape index (κ1) is 49.9. The molecule has 2 aromatic carbocycles. The minimum atomic E-state index is 0.988. The third-order valence-corrected chi connectivity index (χ3v) is 11.9. The van der Waals surface area contributed by atoms with Crippen LogP contribution >= 0.6 is 0 Å². The van der Waals surface area contributed by atoms with Crippen molar-refractivity contribution in [1.82, 2.24) is 0 Å². The van der Waals surface area contributed by atoms with Gasteiger partial charge in [0.15, 0.2) is 0 Å². The van der Waals surface area contributed by atoms with Gasteiger partial charge in [0.05, 0.1) is 17.1 Å². The van der Waals surface area contributed by atoms with Crippen LogP contribution in [-0.2, 0) is 12.8 Å². The third kappa shape index (κ3) is 29.9. The predicted octanol–water partition coefficient (Wildman–Crippen LogP) is 19.0. The maximum Gasteiger partial charge on any atom is 0.0633 e. The van der Waals surface area contributed by atoms with Gasteiger partial charge in [-0.15, -0.1) is 0 Å². The van der Waals surface area contributed by atoms with E-state index in [4.69, 9.17) is 9.98 Å². The SMILES string of the molecule is CCCCCCCCCCCCCCCCCc1ccc(N=CC(CCCCCC)=Nc2ccc(CCCCCCCCCCCCCCCCC)cc2)cc1. The second kappa shape index (κ2) is 38.3. The minimum Gasteiger partial charge on any atom is -0.255 e. The summed E-state index contributed by atoms with van der Waals surface area (Å²) in [6, 6.07) is 18.0. The number of hydrogen-bond acceptors (Lipinski definition) is 2. The standard InChI is InChI=1S/C54H92N2/c1-4-7-10-13-15-17-19-21-23-25-27-29-31-33-35-38-50-41-45-52(46-42-50)55-49-54(40-37-12-9-6-3)56-53-47-43-51(44-48-53)39-36-34-32-30-28-26-24-22-20-18-16-14-11-8-5-2/h41-49H,4-40H2,1-3H3. The van der Waals surface area contributed by atoms with Crippen molar-refractivity contribution >= 4 is 23.3 Å². The van der Waals surface area contributed by atoms with E-state index in [1.54, 1.807) is 0 Å². The van der Waals surface area contributed by atoms with Crippen LogP contribution in [0.1, 0.15) is 257 Å². The Bertz CT molecular complexity index is 1160. The largest absolute Gasteiger partial charge is 0.255 e. The molecule has 0 atom stereocenters. The number of nitrogens with zero attached hydrogens (tertiary/aromatic N) is 2. The number of hydrogen-bond donors (Lipinski definition) is 0. The van der Waals surface area contributed by atoms with Crippen molar-refractivity contribution in [3.8, 4) is 0 Å². The molecule has 0 bridgehead atoms. The minimum absolute atomic E-state index is 0.988. The Balaban J connectivity index is 1.62. The summed E-state index contributed by atoms with van der Waals surface area (Å²) in [5.41, 5.74) is 6.07. The van der Waals surface area contributed by atoms with Crippen LogP contribution < -0.4 is 0 Å². The summed E-state index contributed by atoms with van der Waals surface area (Å²) >= 11 is 0. The molecule has 2 heteroatoms. The van der Waals surface area contributed by atoms with E-state index < -0.39 is 0 Å². The quantitative estimate of drug-likeness (QED) is 0.0476. The fraction of sp³-hybridized carbons (Fsp3) is 0.741. The lowest BCUT2D eigenvalue weighted by molar-refractivity contribution is 0.532. The van der Waals surface area contributed by atoms with Gasteiger partial charge in [-0.1, -0.05) is 244 Å². The Hall–Kier alpha value is -2.22. The van der Waals surface area contributed by atoms with E-state index in [9.17, 15) is 0 Å². The molecule has 0 aromatic heterocycles. The number of benzene rings is 2. The molecule has 0 amide bonds. The monoisotopic (exact) mass is 769 g/mol. The summed E-state index contributed by atoms with van der Waals surface area (Å²) in [5.74, 6) is 0. The molecule has 0 spiro atoms. The Kier molecular flexibility index (Phi) is 34.2. The summed E-state index contributed by atoms with van der Waals surface area (Å²) in [4.78, 5) is 9.96. The zero-order chi connectivity index (χ0) is 39.8. The molecule has 56 heavy (non-hydrogen) atoms. The number of aryl methyl sites for hydroxylation is 2. The first-order chi connectivity index (χ1) is 27.7. The first-order valence-electron chi connectivity index (χ1n) is 25.0. The van der Waals surface area contributed by atoms with Crippen LogP contribution in [0.3, 0.4) is 0 Å². The lowest BCUT2D eigenvalue weighted by Crippen LogP contribution is -2.00. The molecule has 0 saturated heterocycles. The smallest absolute Gasteiger partial charge is 0.0633 e. The molecule has 0 unspecified atom stereocenters. The van der Waals surface area contributed by atoms with Gasteiger partial charge < -0.3 is 0 Å². The highest BCUT2D eigenvalue weighted by Crippen LogP contribution is 2.20. The van der Waals surface area contributed by atoms with Crippen LogP contribution in [0.5, 0.6) is 0 Å². The molecule has 0 fully saturated rings. The lowest BCUT2D eigenvalue weighted by atomic mass is 10.0. The van der Waals surface area contributed by atoms with Gasteiger partial charge in [-0.25, -0.2) is 0 Å². The van der Waals surface area contributed by atoms with Gasteiger partial charge in [0.1, 0.15) is 0 Å². The van der Waals surface area contributed by atoms with Crippen LogP contribution in [-0.4, -0.2) is 11.9 Å². The molecule has 0 heterocycles. The van der Waals surface area contributed by atoms with E-state index in [1.807, 2.05) is 6.21 Å². The Morgan fingerprint density at radius 3 is 0.964 bits per heavy atom. The fourth-order valence-corrected chi connectivity index (χ4v) is 8.08. The average molecular weight is 769 g/mol.